The molecule has 7 heteroatoms. The second kappa shape index (κ2) is 6.67. The number of imidazole rings is 1. The van der Waals surface area contributed by atoms with E-state index in [1.54, 1.807) is 21.9 Å². The first-order valence-electron chi connectivity index (χ1n) is 8.65. The Bertz CT molecular complexity index is 937. The van der Waals surface area contributed by atoms with Gasteiger partial charge in [-0.3, -0.25) is 9.59 Å². The van der Waals surface area contributed by atoms with Crippen LogP contribution in [0.15, 0.2) is 47.3 Å². The van der Waals surface area contributed by atoms with E-state index < -0.39 is 0 Å². The van der Waals surface area contributed by atoms with E-state index in [9.17, 15) is 9.59 Å². The van der Waals surface area contributed by atoms with Crippen LogP contribution in [0.2, 0.25) is 0 Å². The Morgan fingerprint density at radius 3 is 2.65 bits per heavy atom. The zero-order valence-electron chi connectivity index (χ0n) is 14.6. The van der Waals surface area contributed by atoms with Gasteiger partial charge >= 0.3 is 0 Å². The molecule has 0 bridgehead atoms. The van der Waals surface area contributed by atoms with Crippen molar-refractivity contribution in [3.05, 3.63) is 59.9 Å². The number of piperazine rings is 1. The van der Waals surface area contributed by atoms with Crippen molar-refractivity contribution in [1.29, 1.82) is 0 Å². The summed E-state index contributed by atoms with van der Waals surface area (Å²) >= 11 is 0. The van der Waals surface area contributed by atoms with E-state index in [2.05, 4.69) is 4.98 Å². The lowest BCUT2D eigenvalue weighted by atomic mass is 10.2. The summed E-state index contributed by atoms with van der Waals surface area (Å²) in [6.07, 6.45) is 5.60. The molecule has 4 rings (SSSR count). The summed E-state index contributed by atoms with van der Waals surface area (Å²) in [6, 6.07) is 7.36. The van der Waals surface area contributed by atoms with Gasteiger partial charge in [-0.1, -0.05) is 0 Å². The van der Waals surface area contributed by atoms with Gasteiger partial charge < -0.3 is 18.6 Å². The summed E-state index contributed by atoms with van der Waals surface area (Å²) < 4.78 is 7.08. The van der Waals surface area contributed by atoms with Crippen molar-refractivity contribution < 1.29 is 14.0 Å². The van der Waals surface area contributed by atoms with Gasteiger partial charge in [0.25, 0.3) is 5.91 Å². The van der Waals surface area contributed by atoms with Gasteiger partial charge in [-0.25, -0.2) is 4.98 Å². The highest BCUT2D eigenvalue weighted by Gasteiger charge is 2.26. The number of pyridine rings is 1. The predicted molar refractivity (Wildman–Crippen MR) is 94.8 cm³/mol. The molecule has 3 aromatic rings. The highest BCUT2D eigenvalue weighted by Crippen LogP contribution is 2.12. The van der Waals surface area contributed by atoms with E-state index in [0.29, 0.717) is 31.9 Å². The van der Waals surface area contributed by atoms with Crippen molar-refractivity contribution in [1.82, 2.24) is 19.2 Å². The minimum absolute atomic E-state index is 0.0372. The Balaban J connectivity index is 1.36. The van der Waals surface area contributed by atoms with Crippen molar-refractivity contribution >= 4 is 17.5 Å². The van der Waals surface area contributed by atoms with Crippen LogP contribution >= 0.6 is 0 Å². The number of carbonyl (C=O) groups excluding carboxylic acids is 2. The number of aromatic nitrogens is 2. The van der Waals surface area contributed by atoms with Gasteiger partial charge in [-0.2, -0.15) is 0 Å². The average molecular weight is 352 g/mol. The molecule has 0 unspecified atom stereocenters. The number of rotatable bonds is 3. The van der Waals surface area contributed by atoms with Crippen LogP contribution in [-0.4, -0.2) is 57.2 Å². The van der Waals surface area contributed by atoms with Gasteiger partial charge in [-0.15, -0.1) is 0 Å². The maximum Gasteiger partial charge on any atom is 0.289 e. The number of amides is 2. The largest absolute Gasteiger partial charge is 0.459 e. The van der Waals surface area contributed by atoms with E-state index in [4.69, 9.17) is 4.42 Å². The molecule has 0 saturated carbocycles. The summed E-state index contributed by atoms with van der Waals surface area (Å²) in [5.74, 6) is 0.248. The molecule has 26 heavy (non-hydrogen) atoms. The third-order valence-electron chi connectivity index (χ3n) is 4.65. The fraction of sp³-hybridized carbons (Fsp3) is 0.316. The van der Waals surface area contributed by atoms with Crippen molar-refractivity contribution in [2.75, 3.05) is 26.2 Å². The molecule has 0 radical (unpaired) electrons. The lowest BCUT2D eigenvalue weighted by Gasteiger charge is -2.34. The summed E-state index contributed by atoms with van der Waals surface area (Å²) in [5.41, 5.74) is 2.75. The standard InChI is InChI=1S/C19H20N4O3/c1-14-4-5-23-13-15(20-17(23)11-14)12-18(24)21-6-8-22(9-7-21)19(25)16-3-2-10-26-16/h2-5,10-11,13H,6-9,12H2,1H3. The van der Waals surface area contributed by atoms with Crippen molar-refractivity contribution in [2.45, 2.75) is 13.3 Å². The molecule has 1 fully saturated rings. The first-order chi connectivity index (χ1) is 12.6. The Morgan fingerprint density at radius 2 is 1.92 bits per heavy atom. The van der Waals surface area contributed by atoms with E-state index in [1.165, 1.54) is 6.26 Å². The molecule has 1 aliphatic heterocycles. The molecule has 0 atom stereocenters. The lowest BCUT2D eigenvalue weighted by molar-refractivity contribution is -0.132. The SMILES string of the molecule is Cc1ccn2cc(CC(=O)N3CCN(C(=O)c4ccco4)CC3)nc2c1. The average Bonchev–Trinajstić information content (AvgIpc) is 3.30. The molecular weight excluding hydrogens is 332 g/mol. The monoisotopic (exact) mass is 352 g/mol. The first kappa shape index (κ1) is 16.4. The molecule has 3 aromatic heterocycles. The van der Waals surface area contributed by atoms with Crippen LogP contribution in [0, 0.1) is 6.92 Å². The summed E-state index contributed by atoms with van der Waals surface area (Å²) in [4.78, 5) is 32.9. The van der Waals surface area contributed by atoms with Gasteiger partial charge in [0.2, 0.25) is 5.91 Å². The van der Waals surface area contributed by atoms with Gasteiger partial charge in [-0.05, 0) is 36.8 Å². The number of nitrogens with zero attached hydrogens (tertiary/aromatic N) is 4. The van der Waals surface area contributed by atoms with Crippen LogP contribution in [0.3, 0.4) is 0 Å². The highest BCUT2D eigenvalue weighted by atomic mass is 16.3. The van der Waals surface area contributed by atoms with E-state index in [1.807, 2.05) is 35.9 Å². The maximum atomic E-state index is 12.6. The third-order valence-corrected chi connectivity index (χ3v) is 4.65. The summed E-state index contributed by atoms with van der Waals surface area (Å²) in [7, 11) is 0. The highest BCUT2D eigenvalue weighted by molar-refractivity contribution is 5.91. The van der Waals surface area contributed by atoms with Crippen LogP contribution in [0.1, 0.15) is 21.8 Å². The molecule has 0 aliphatic carbocycles. The second-order valence-corrected chi connectivity index (χ2v) is 6.53. The van der Waals surface area contributed by atoms with Crippen LogP contribution < -0.4 is 0 Å². The van der Waals surface area contributed by atoms with Crippen LogP contribution in [0.4, 0.5) is 0 Å². The van der Waals surface area contributed by atoms with Crippen molar-refractivity contribution in [3.63, 3.8) is 0 Å². The van der Waals surface area contributed by atoms with Gasteiger partial charge in [0.15, 0.2) is 5.76 Å². The van der Waals surface area contributed by atoms with Gasteiger partial charge in [0.1, 0.15) is 5.65 Å². The number of furan rings is 1. The predicted octanol–water partition coefficient (Wildman–Crippen LogP) is 1.76. The van der Waals surface area contributed by atoms with E-state index in [-0.39, 0.29) is 18.2 Å². The molecule has 0 spiro atoms. The van der Waals surface area contributed by atoms with Crippen LogP contribution in [0.25, 0.3) is 5.65 Å². The molecule has 7 nitrogen and oxygen atoms in total. The fourth-order valence-electron chi connectivity index (χ4n) is 3.20. The normalized spacial score (nSPS) is 14.8. The molecule has 0 aromatic carbocycles. The molecule has 4 heterocycles. The third kappa shape index (κ3) is 3.20. The van der Waals surface area contributed by atoms with Crippen LogP contribution in [0.5, 0.6) is 0 Å². The zero-order valence-corrected chi connectivity index (χ0v) is 14.6. The number of hydrogen-bond acceptors (Lipinski definition) is 4. The maximum absolute atomic E-state index is 12.6. The number of hydrogen-bond donors (Lipinski definition) is 0. The van der Waals surface area contributed by atoms with E-state index >= 15 is 0 Å². The molecule has 1 saturated heterocycles. The topological polar surface area (TPSA) is 71.1 Å². The summed E-state index contributed by atoms with van der Waals surface area (Å²) in [6.45, 7) is 4.09. The summed E-state index contributed by atoms with van der Waals surface area (Å²) in [5, 5.41) is 0. The fourth-order valence-corrected chi connectivity index (χ4v) is 3.20. The Labute approximate surface area is 150 Å². The minimum atomic E-state index is -0.127. The number of fused-ring (bicyclic) bond motifs is 1. The van der Waals surface area contributed by atoms with E-state index in [0.717, 1.165) is 16.9 Å². The van der Waals surface area contributed by atoms with Crippen molar-refractivity contribution in [2.24, 2.45) is 0 Å². The molecule has 134 valence electrons. The molecule has 2 amide bonds. The molecule has 0 N–H and O–H groups in total. The zero-order chi connectivity index (χ0) is 18.1. The minimum Gasteiger partial charge on any atom is -0.459 e. The Hall–Kier alpha value is -3.09. The second-order valence-electron chi connectivity index (χ2n) is 6.53. The Morgan fingerprint density at radius 1 is 1.15 bits per heavy atom. The number of carbonyl (C=O) groups is 2. The smallest absolute Gasteiger partial charge is 0.289 e. The molecule has 1 aliphatic rings. The lowest BCUT2D eigenvalue weighted by Crippen LogP contribution is -2.50. The molecular formula is C19H20N4O3. The quantitative estimate of drug-likeness (QED) is 0.720. The first-order valence-corrected chi connectivity index (χ1v) is 8.65. The van der Waals surface area contributed by atoms with Crippen LogP contribution in [-0.2, 0) is 11.2 Å². The van der Waals surface area contributed by atoms with Crippen molar-refractivity contribution in [3.8, 4) is 0 Å². The van der Waals surface area contributed by atoms with Gasteiger partial charge in [0, 0.05) is 38.6 Å². The Kier molecular flexibility index (Phi) is 4.20. The van der Waals surface area contributed by atoms with Gasteiger partial charge in [0.05, 0.1) is 18.4 Å². The number of aryl methyl sites for hydroxylation is 1.